The molecule has 0 spiro atoms. The first-order chi connectivity index (χ1) is 11.0. The van der Waals surface area contributed by atoms with Gasteiger partial charge in [-0.2, -0.15) is 0 Å². The zero-order valence-electron chi connectivity index (χ0n) is 11.7. The summed E-state index contributed by atoms with van der Waals surface area (Å²) >= 11 is 11.8. The molecule has 23 heavy (non-hydrogen) atoms. The third-order valence-corrected chi connectivity index (χ3v) is 5.23. The average Bonchev–Trinajstić information content (AvgIpc) is 2.50. The van der Waals surface area contributed by atoms with Gasteiger partial charge in [-0.3, -0.25) is 9.00 Å². The molecule has 118 valence electrons. The number of carbonyl (C=O) groups excluding carboxylic acids is 1. The SMILES string of the molecule is O=C(Nc1cccc(Cl)c1)C1=C(O)c2cc(Cl)ccc2S(=O)C1. The molecule has 1 unspecified atom stereocenters. The zero-order valence-corrected chi connectivity index (χ0v) is 14.0. The number of halogens is 2. The fourth-order valence-corrected chi connectivity index (χ4v) is 3.94. The fraction of sp³-hybridized carbons (Fsp3) is 0.0625. The normalized spacial score (nSPS) is 16.9. The Balaban J connectivity index is 1.97. The van der Waals surface area contributed by atoms with Crippen molar-refractivity contribution in [2.75, 3.05) is 11.1 Å². The molecular formula is C16H11Cl2NO3S. The molecule has 2 aromatic carbocycles. The summed E-state index contributed by atoms with van der Waals surface area (Å²) < 4.78 is 12.3. The lowest BCUT2D eigenvalue weighted by Gasteiger charge is -2.19. The Morgan fingerprint density at radius 2 is 1.87 bits per heavy atom. The number of aliphatic hydroxyl groups excluding tert-OH is 1. The van der Waals surface area contributed by atoms with Crippen molar-refractivity contribution in [2.24, 2.45) is 0 Å². The Morgan fingerprint density at radius 1 is 1.13 bits per heavy atom. The summed E-state index contributed by atoms with van der Waals surface area (Å²) in [6.07, 6.45) is 0. The third-order valence-electron chi connectivity index (χ3n) is 3.36. The first-order valence-electron chi connectivity index (χ1n) is 6.63. The van der Waals surface area contributed by atoms with Crippen molar-refractivity contribution in [1.29, 1.82) is 0 Å². The van der Waals surface area contributed by atoms with E-state index in [1.54, 1.807) is 36.4 Å². The molecule has 4 nitrogen and oxygen atoms in total. The molecule has 1 aliphatic heterocycles. The number of amides is 1. The number of rotatable bonds is 2. The van der Waals surface area contributed by atoms with E-state index in [9.17, 15) is 14.1 Å². The van der Waals surface area contributed by atoms with Crippen molar-refractivity contribution < 1.29 is 14.1 Å². The van der Waals surface area contributed by atoms with E-state index in [-0.39, 0.29) is 17.1 Å². The molecule has 0 fully saturated rings. The molecule has 7 heteroatoms. The molecule has 3 rings (SSSR count). The zero-order chi connectivity index (χ0) is 16.6. The molecule has 1 aliphatic rings. The molecule has 2 aromatic rings. The molecule has 1 heterocycles. The van der Waals surface area contributed by atoms with Crippen LogP contribution in [-0.2, 0) is 15.6 Å². The maximum absolute atomic E-state index is 12.4. The van der Waals surface area contributed by atoms with E-state index in [0.717, 1.165) is 0 Å². The maximum Gasteiger partial charge on any atom is 0.256 e. The van der Waals surface area contributed by atoms with Crippen molar-refractivity contribution in [2.45, 2.75) is 4.90 Å². The highest BCUT2D eigenvalue weighted by Gasteiger charge is 2.28. The van der Waals surface area contributed by atoms with Gasteiger partial charge in [-0.15, -0.1) is 0 Å². The summed E-state index contributed by atoms with van der Waals surface area (Å²) in [7, 11) is -1.42. The van der Waals surface area contributed by atoms with Crippen LogP contribution in [0.2, 0.25) is 10.0 Å². The Hall–Kier alpha value is -1.82. The van der Waals surface area contributed by atoms with Crippen LogP contribution in [0.3, 0.4) is 0 Å². The van der Waals surface area contributed by atoms with E-state index in [4.69, 9.17) is 23.2 Å². The minimum absolute atomic E-state index is 0.0538. The summed E-state index contributed by atoms with van der Waals surface area (Å²) in [6.45, 7) is 0. The van der Waals surface area contributed by atoms with E-state index in [1.165, 1.54) is 6.07 Å². The van der Waals surface area contributed by atoms with E-state index in [0.29, 0.717) is 26.2 Å². The van der Waals surface area contributed by atoms with Crippen molar-refractivity contribution in [1.82, 2.24) is 0 Å². The monoisotopic (exact) mass is 367 g/mol. The Morgan fingerprint density at radius 3 is 2.61 bits per heavy atom. The predicted molar refractivity (Wildman–Crippen MR) is 92.4 cm³/mol. The third kappa shape index (κ3) is 3.27. The molecule has 2 N–H and O–H groups in total. The van der Waals surface area contributed by atoms with Gasteiger partial charge in [-0.05, 0) is 36.4 Å². The van der Waals surface area contributed by atoms with Gasteiger partial charge in [0, 0.05) is 21.3 Å². The fourth-order valence-electron chi connectivity index (χ4n) is 2.27. The highest BCUT2D eigenvalue weighted by Crippen LogP contribution is 2.32. The highest BCUT2D eigenvalue weighted by molar-refractivity contribution is 7.85. The van der Waals surface area contributed by atoms with Crippen molar-refractivity contribution in [3.63, 3.8) is 0 Å². The number of carbonyl (C=O) groups is 1. The van der Waals surface area contributed by atoms with Crippen molar-refractivity contribution >= 4 is 51.4 Å². The lowest BCUT2D eigenvalue weighted by Crippen LogP contribution is -2.23. The molecular weight excluding hydrogens is 357 g/mol. The Kier molecular flexibility index (Phi) is 4.43. The Bertz CT molecular complexity index is 864. The van der Waals surface area contributed by atoms with Gasteiger partial charge in [0.25, 0.3) is 5.91 Å². The second kappa shape index (κ2) is 6.35. The van der Waals surface area contributed by atoms with Gasteiger partial charge >= 0.3 is 0 Å². The van der Waals surface area contributed by atoms with E-state index >= 15 is 0 Å². The van der Waals surface area contributed by atoms with Crippen LogP contribution in [-0.4, -0.2) is 21.0 Å². The predicted octanol–water partition coefficient (Wildman–Crippen LogP) is 4.02. The first kappa shape index (κ1) is 16.1. The minimum atomic E-state index is -1.42. The van der Waals surface area contributed by atoms with Crippen molar-refractivity contribution in [3.8, 4) is 0 Å². The van der Waals surface area contributed by atoms with Crippen LogP contribution in [0.5, 0.6) is 0 Å². The maximum atomic E-state index is 12.4. The number of hydrogen-bond donors (Lipinski definition) is 2. The molecule has 1 atom stereocenters. The summed E-state index contributed by atoms with van der Waals surface area (Å²) in [5.74, 6) is -0.794. The minimum Gasteiger partial charge on any atom is -0.507 e. The summed E-state index contributed by atoms with van der Waals surface area (Å²) in [5, 5.41) is 13.9. The average molecular weight is 368 g/mol. The summed E-state index contributed by atoms with van der Waals surface area (Å²) in [5.41, 5.74) is 0.863. The molecule has 0 radical (unpaired) electrons. The second-order valence-electron chi connectivity index (χ2n) is 4.92. The second-order valence-corrected chi connectivity index (χ2v) is 7.21. The van der Waals surface area contributed by atoms with Crippen LogP contribution < -0.4 is 5.32 Å². The van der Waals surface area contributed by atoms with Crippen molar-refractivity contribution in [3.05, 3.63) is 63.6 Å². The molecule has 1 amide bonds. The van der Waals surface area contributed by atoms with Crippen LogP contribution in [0.25, 0.3) is 5.76 Å². The lowest BCUT2D eigenvalue weighted by atomic mass is 10.1. The lowest BCUT2D eigenvalue weighted by molar-refractivity contribution is -0.112. The number of anilines is 1. The molecule has 0 aromatic heterocycles. The number of nitrogens with one attached hydrogen (secondary N) is 1. The topological polar surface area (TPSA) is 66.4 Å². The van der Waals surface area contributed by atoms with Crippen LogP contribution in [0.4, 0.5) is 5.69 Å². The van der Waals surface area contributed by atoms with E-state index in [2.05, 4.69) is 5.32 Å². The van der Waals surface area contributed by atoms with Gasteiger partial charge in [0.05, 0.1) is 27.0 Å². The van der Waals surface area contributed by atoms with Crippen LogP contribution >= 0.6 is 23.2 Å². The molecule has 0 saturated heterocycles. The molecule has 0 aliphatic carbocycles. The summed E-state index contributed by atoms with van der Waals surface area (Å²) in [4.78, 5) is 12.9. The molecule has 0 bridgehead atoms. The standard InChI is InChI=1S/C16H11Cl2NO3S/c17-9-2-1-3-11(6-9)19-16(21)13-8-23(22)14-5-4-10(18)7-12(14)15(13)20/h1-7,20H,8H2,(H,19,21). The van der Waals surface area contributed by atoms with Gasteiger partial charge < -0.3 is 10.4 Å². The smallest absolute Gasteiger partial charge is 0.256 e. The number of hydrogen-bond acceptors (Lipinski definition) is 3. The van der Waals surface area contributed by atoms with Crippen LogP contribution in [0.15, 0.2) is 52.9 Å². The van der Waals surface area contributed by atoms with Crippen LogP contribution in [0, 0.1) is 0 Å². The van der Waals surface area contributed by atoms with E-state index in [1.807, 2.05) is 0 Å². The quantitative estimate of drug-likeness (QED) is 0.841. The van der Waals surface area contributed by atoms with Gasteiger partial charge in [-0.25, -0.2) is 0 Å². The Labute approximate surface area is 145 Å². The highest BCUT2D eigenvalue weighted by atomic mass is 35.5. The van der Waals surface area contributed by atoms with Gasteiger partial charge in [-0.1, -0.05) is 29.3 Å². The molecule has 0 saturated carbocycles. The van der Waals surface area contributed by atoms with E-state index < -0.39 is 16.7 Å². The van der Waals surface area contributed by atoms with Gasteiger partial charge in [0.15, 0.2) is 0 Å². The largest absolute Gasteiger partial charge is 0.507 e. The van der Waals surface area contributed by atoms with Gasteiger partial charge in [0.2, 0.25) is 0 Å². The van der Waals surface area contributed by atoms with Gasteiger partial charge in [0.1, 0.15) is 5.76 Å². The number of aliphatic hydroxyl groups is 1. The number of benzene rings is 2. The first-order valence-corrected chi connectivity index (χ1v) is 8.70. The number of fused-ring (bicyclic) bond motifs is 1. The summed E-state index contributed by atoms with van der Waals surface area (Å²) in [6, 6.07) is 11.3. The van der Waals surface area contributed by atoms with Crippen LogP contribution in [0.1, 0.15) is 5.56 Å².